The number of hydrogen-bond acceptors (Lipinski definition) is 5. The van der Waals surface area contributed by atoms with Crippen molar-refractivity contribution in [2.24, 2.45) is 0 Å². The molecular formula is C14H13NO3S2. The van der Waals surface area contributed by atoms with Crippen molar-refractivity contribution in [3.63, 3.8) is 0 Å². The van der Waals surface area contributed by atoms with Gasteiger partial charge >= 0.3 is 0 Å². The molecule has 1 N–H and O–H groups in total. The summed E-state index contributed by atoms with van der Waals surface area (Å²) in [6.45, 7) is 2.03. The lowest BCUT2D eigenvalue weighted by molar-refractivity contribution is -0.115. The molecule has 6 heteroatoms. The van der Waals surface area contributed by atoms with E-state index in [1.54, 1.807) is 13.2 Å². The SMILES string of the molecule is COc1cc2c(cc1C=C1SC(=S)NC1=O)OC(C)C2. The van der Waals surface area contributed by atoms with Gasteiger partial charge in [0.2, 0.25) is 0 Å². The summed E-state index contributed by atoms with van der Waals surface area (Å²) >= 11 is 6.24. The van der Waals surface area contributed by atoms with Gasteiger partial charge in [-0.05, 0) is 25.1 Å². The number of thiocarbonyl (C=S) groups is 1. The number of fused-ring (bicyclic) bond motifs is 1. The zero-order valence-corrected chi connectivity index (χ0v) is 12.7. The first kappa shape index (κ1) is 13.5. The van der Waals surface area contributed by atoms with Crippen LogP contribution in [0.3, 0.4) is 0 Å². The molecule has 0 saturated carbocycles. The van der Waals surface area contributed by atoms with E-state index < -0.39 is 0 Å². The van der Waals surface area contributed by atoms with Gasteiger partial charge in [-0.3, -0.25) is 4.79 Å². The van der Waals surface area contributed by atoms with Crippen molar-refractivity contribution in [3.05, 3.63) is 28.2 Å². The molecule has 0 spiro atoms. The Balaban J connectivity index is 2.02. The Hall–Kier alpha value is -1.53. The zero-order valence-electron chi connectivity index (χ0n) is 11.1. The van der Waals surface area contributed by atoms with E-state index >= 15 is 0 Å². The van der Waals surface area contributed by atoms with Gasteiger partial charge in [-0.15, -0.1) is 0 Å². The number of thioether (sulfide) groups is 1. The molecule has 4 nitrogen and oxygen atoms in total. The number of methoxy groups -OCH3 is 1. The Morgan fingerprint density at radius 2 is 2.35 bits per heavy atom. The van der Waals surface area contributed by atoms with E-state index in [4.69, 9.17) is 21.7 Å². The molecule has 1 aromatic rings. The first-order valence-electron chi connectivity index (χ1n) is 6.19. The van der Waals surface area contributed by atoms with Crippen LogP contribution >= 0.6 is 24.0 Å². The molecule has 1 saturated heterocycles. The molecule has 2 aliphatic heterocycles. The lowest BCUT2D eigenvalue weighted by Gasteiger charge is -2.08. The van der Waals surface area contributed by atoms with Crippen LogP contribution in [0, 0.1) is 0 Å². The van der Waals surface area contributed by atoms with Crippen LogP contribution in [0.4, 0.5) is 0 Å². The number of hydrogen-bond donors (Lipinski definition) is 1. The summed E-state index contributed by atoms with van der Waals surface area (Å²) in [4.78, 5) is 12.3. The number of ether oxygens (including phenoxy) is 2. The predicted molar refractivity (Wildman–Crippen MR) is 83.1 cm³/mol. The smallest absolute Gasteiger partial charge is 0.263 e. The van der Waals surface area contributed by atoms with E-state index in [2.05, 4.69) is 5.32 Å². The molecular weight excluding hydrogens is 294 g/mol. The third-order valence-corrected chi connectivity index (χ3v) is 4.34. The Kier molecular flexibility index (Phi) is 3.43. The van der Waals surface area contributed by atoms with Crippen LogP contribution in [0.25, 0.3) is 6.08 Å². The van der Waals surface area contributed by atoms with Gasteiger partial charge in [0, 0.05) is 17.5 Å². The molecule has 2 aliphatic rings. The summed E-state index contributed by atoms with van der Waals surface area (Å²) in [5, 5.41) is 2.60. The van der Waals surface area contributed by atoms with Crippen molar-refractivity contribution in [1.29, 1.82) is 0 Å². The fourth-order valence-corrected chi connectivity index (χ4v) is 3.34. The minimum atomic E-state index is -0.170. The van der Waals surface area contributed by atoms with Gasteiger partial charge in [-0.25, -0.2) is 0 Å². The molecule has 1 unspecified atom stereocenters. The molecule has 0 aliphatic carbocycles. The molecule has 1 aromatic carbocycles. The Labute approximate surface area is 126 Å². The molecule has 0 aromatic heterocycles. The van der Waals surface area contributed by atoms with Crippen molar-refractivity contribution in [2.75, 3.05) is 7.11 Å². The lowest BCUT2D eigenvalue weighted by atomic mass is 10.1. The minimum absolute atomic E-state index is 0.170. The van der Waals surface area contributed by atoms with Gasteiger partial charge in [-0.1, -0.05) is 24.0 Å². The normalized spacial score (nSPS) is 22.7. The number of benzene rings is 1. The summed E-state index contributed by atoms with van der Waals surface area (Å²) in [5.74, 6) is 1.42. The molecule has 0 bridgehead atoms. The zero-order chi connectivity index (χ0) is 14.3. The number of rotatable bonds is 2. The molecule has 20 heavy (non-hydrogen) atoms. The number of carbonyl (C=O) groups excluding carboxylic acids is 1. The Bertz CT molecular complexity index is 640. The van der Waals surface area contributed by atoms with Gasteiger partial charge in [0.25, 0.3) is 5.91 Å². The minimum Gasteiger partial charge on any atom is -0.496 e. The van der Waals surface area contributed by atoms with Crippen molar-refractivity contribution < 1.29 is 14.3 Å². The molecule has 104 valence electrons. The van der Waals surface area contributed by atoms with Crippen LogP contribution in [0.15, 0.2) is 17.0 Å². The van der Waals surface area contributed by atoms with Crippen LogP contribution in [0.5, 0.6) is 11.5 Å². The monoisotopic (exact) mass is 307 g/mol. The highest BCUT2D eigenvalue weighted by atomic mass is 32.2. The average Bonchev–Trinajstić information content (AvgIpc) is 2.90. The van der Waals surface area contributed by atoms with Crippen LogP contribution in [0.2, 0.25) is 0 Å². The van der Waals surface area contributed by atoms with Gasteiger partial charge in [-0.2, -0.15) is 0 Å². The summed E-state index contributed by atoms with van der Waals surface area (Å²) in [5.41, 5.74) is 1.96. The lowest BCUT2D eigenvalue weighted by Crippen LogP contribution is -2.17. The van der Waals surface area contributed by atoms with Crippen molar-refractivity contribution in [1.82, 2.24) is 5.32 Å². The number of amides is 1. The summed E-state index contributed by atoms with van der Waals surface area (Å²) in [6.07, 6.45) is 2.83. The van der Waals surface area contributed by atoms with Crippen molar-refractivity contribution in [2.45, 2.75) is 19.4 Å². The van der Waals surface area contributed by atoms with E-state index in [0.29, 0.717) is 9.23 Å². The van der Waals surface area contributed by atoms with Crippen LogP contribution < -0.4 is 14.8 Å². The summed E-state index contributed by atoms with van der Waals surface area (Å²) in [6, 6.07) is 3.89. The largest absolute Gasteiger partial charge is 0.496 e. The fourth-order valence-electron chi connectivity index (χ4n) is 2.31. The van der Waals surface area contributed by atoms with Gasteiger partial charge in [0.15, 0.2) is 0 Å². The summed E-state index contributed by atoms with van der Waals surface area (Å²) < 4.78 is 11.6. The average molecular weight is 307 g/mol. The highest BCUT2D eigenvalue weighted by molar-refractivity contribution is 8.26. The predicted octanol–water partition coefficient (Wildman–Crippen LogP) is 2.51. The molecule has 1 amide bonds. The van der Waals surface area contributed by atoms with Crippen LogP contribution in [-0.4, -0.2) is 23.4 Å². The molecule has 1 atom stereocenters. The van der Waals surface area contributed by atoms with E-state index in [-0.39, 0.29) is 12.0 Å². The van der Waals surface area contributed by atoms with Gasteiger partial charge in [0.05, 0.1) is 12.0 Å². The quantitative estimate of drug-likeness (QED) is 0.672. The maximum absolute atomic E-state index is 11.7. The second kappa shape index (κ2) is 5.10. The Morgan fingerprint density at radius 3 is 3.00 bits per heavy atom. The molecule has 0 radical (unpaired) electrons. The molecule has 3 rings (SSSR count). The standard InChI is InChI=1S/C14H13NO3S2/c1-7-3-8-4-10(17-2)9(5-11(8)18-7)6-12-13(16)15-14(19)20-12/h4-7H,3H2,1-2H3,(H,15,16,19). The highest BCUT2D eigenvalue weighted by Gasteiger charge is 2.25. The second-order valence-electron chi connectivity index (χ2n) is 4.69. The van der Waals surface area contributed by atoms with E-state index in [0.717, 1.165) is 29.0 Å². The molecule has 1 fully saturated rings. The molecule has 2 heterocycles. The second-order valence-corrected chi connectivity index (χ2v) is 6.41. The van der Waals surface area contributed by atoms with Crippen LogP contribution in [0.1, 0.15) is 18.1 Å². The Morgan fingerprint density at radius 1 is 1.55 bits per heavy atom. The summed E-state index contributed by atoms with van der Waals surface area (Å²) in [7, 11) is 1.62. The van der Waals surface area contributed by atoms with Crippen molar-refractivity contribution >= 4 is 40.3 Å². The van der Waals surface area contributed by atoms with E-state index in [1.807, 2.05) is 19.1 Å². The first-order chi connectivity index (χ1) is 9.56. The first-order valence-corrected chi connectivity index (χ1v) is 7.41. The highest BCUT2D eigenvalue weighted by Crippen LogP contribution is 2.37. The third kappa shape index (κ3) is 2.41. The van der Waals surface area contributed by atoms with E-state index in [1.165, 1.54) is 11.8 Å². The third-order valence-electron chi connectivity index (χ3n) is 3.18. The van der Waals surface area contributed by atoms with Gasteiger partial charge in [0.1, 0.15) is 21.9 Å². The number of carbonyl (C=O) groups is 1. The van der Waals surface area contributed by atoms with Crippen LogP contribution in [-0.2, 0) is 11.2 Å². The van der Waals surface area contributed by atoms with Crippen molar-refractivity contribution in [3.8, 4) is 11.5 Å². The maximum atomic E-state index is 11.7. The fraction of sp³-hybridized carbons (Fsp3) is 0.286. The maximum Gasteiger partial charge on any atom is 0.263 e. The topological polar surface area (TPSA) is 47.6 Å². The number of nitrogens with one attached hydrogen (secondary N) is 1. The van der Waals surface area contributed by atoms with Gasteiger partial charge < -0.3 is 14.8 Å². The van der Waals surface area contributed by atoms with E-state index in [9.17, 15) is 4.79 Å².